The smallest absolute Gasteiger partial charge is 0.155 e. The van der Waals surface area contributed by atoms with Crippen LogP contribution in [0.2, 0.25) is 0 Å². The van der Waals surface area contributed by atoms with E-state index in [1.54, 1.807) is 6.08 Å². The van der Waals surface area contributed by atoms with E-state index in [0.29, 0.717) is 23.8 Å². The summed E-state index contributed by atoms with van der Waals surface area (Å²) >= 11 is 0. The van der Waals surface area contributed by atoms with Crippen LogP contribution in [0.25, 0.3) is 11.8 Å². The summed E-state index contributed by atoms with van der Waals surface area (Å²) in [7, 11) is 1.48. The number of hydrogen-bond donors (Lipinski definition) is 2. The van der Waals surface area contributed by atoms with E-state index in [1.165, 1.54) is 13.4 Å². The Bertz CT molecular complexity index is 443. The first-order valence-corrected chi connectivity index (χ1v) is 5.04. The Hall–Kier alpha value is -2.24. The van der Waals surface area contributed by atoms with Crippen LogP contribution in [0.15, 0.2) is 12.8 Å². The molecule has 1 heterocycles. The molecule has 6 nitrogen and oxygen atoms in total. The molecule has 17 heavy (non-hydrogen) atoms. The number of nitrogens with two attached hydrogens (primary N) is 2. The zero-order valence-corrected chi connectivity index (χ0v) is 9.93. The van der Waals surface area contributed by atoms with Crippen LogP contribution in [-0.4, -0.2) is 23.7 Å². The molecule has 0 unspecified atom stereocenters. The number of methoxy groups -OCH3 is 1. The molecule has 4 N–H and O–H groups in total. The Kier molecular flexibility index (Phi) is 4.33. The number of rotatable bonds is 5. The third-order valence-electron chi connectivity index (χ3n) is 1.98. The van der Waals surface area contributed by atoms with Crippen molar-refractivity contribution in [3.8, 4) is 0 Å². The van der Waals surface area contributed by atoms with Crippen molar-refractivity contribution in [2.24, 2.45) is 0 Å². The summed E-state index contributed by atoms with van der Waals surface area (Å²) in [5, 5.41) is 0. The maximum Gasteiger partial charge on any atom is 0.155 e. The van der Waals surface area contributed by atoms with Crippen LogP contribution < -0.4 is 11.5 Å². The molecule has 0 saturated carbocycles. The van der Waals surface area contributed by atoms with Gasteiger partial charge in [0.25, 0.3) is 0 Å². The van der Waals surface area contributed by atoms with E-state index < -0.39 is 0 Å². The molecule has 1 rings (SSSR count). The van der Waals surface area contributed by atoms with E-state index in [9.17, 15) is 0 Å². The van der Waals surface area contributed by atoms with E-state index in [0.717, 1.165) is 0 Å². The summed E-state index contributed by atoms with van der Waals surface area (Å²) in [6, 6.07) is 0. The Morgan fingerprint density at radius 2 is 2.06 bits per heavy atom. The maximum atomic E-state index is 5.68. The second kappa shape index (κ2) is 5.74. The standard InChI is InChI=1S/C11H16N4O2/c1-4-17-6-5-8-10(12)15-11(13)9(14-8)7(2)16-3/h5-6H,2,4H2,1,3H3,(H4,12,13,15)/b6-5+. The summed E-state index contributed by atoms with van der Waals surface area (Å²) in [4.78, 5) is 8.18. The van der Waals surface area contributed by atoms with Crippen molar-refractivity contribution in [2.75, 3.05) is 25.2 Å². The monoisotopic (exact) mass is 236 g/mol. The van der Waals surface area contributed by atoms with Gasteiger partial charge in [-0.05, 0) is 6.92 Å². The molecule has 0 bridgehead atoms. The normalized spacial score (nSPS) is 10.5. The Morgan fingerprint density at radius 3 is 2.65 bits per heavy atom. The number of anilines is 2. The van der Waals surface area contributed by atoms with Gasteiger partial charge in [0.1, 0.15) is 17.1 Å². The fourth-order valence-corrected chi connectivity index (χ4v) is 1.11. The van der Waals surface area contributed by atoms with Gasteiger partial charge in [0, 0.05) is 6.08 Å². The van der Waals surface area contributed by atoms with Crippen molar-refractivity contribution in [1.29, 1.82) is 0 Å². The van der Waals surface area contributed by atoms with Gasteiger partial charge in [-0.25, -0.2) is 9.97 Å². The lowest BCUT2D eigenvalue weighted by molar-refractivity contribution is 0.272. The minimum atomic E-state index is 0.183. The summed E-state index contributed by atoms with van der Waals surface area (Å²) in [5.41, 5.74) is 12.2. The van der Waals surface area contributed by atoms with Gasteiger partial charge in [0.15, 0.2) is 11.6 Å². The molecule has 0 spiro atoms. The van der Waals surface area contributed by atoms with E-state index in [4.69, 9.17) is 20.9 Å². The van der Waals surface area contributed by atoms with Gasteiger partial charge < -0.3 is 20.9 Å². The topological polar surface area (TPSA) is 96.3 Å². The molecule has 6 heteroatoms. The lowest BCUT2D eigenvalue weighted by atomic mass is 10.3. The van der Waals surface area contributed by atoms with Crippen LogP contribution >= 0.6 is 0 Å². The molecule has 92 valence electrons. The first-order valence-electron chi connectivity index (χ1n) is 5.04. The molecule has 0 aliphatic rings. The second-order valence-electron chi connectivity index (χ2n) is 3.11. The number of aromatic nitrogens is 2. The highest BCUT2D eigenvalue weighted by Gasteiger charge is 2.11. The zero-order valence-electron chi connectivity index (χ0n) is 9.93. The molecular weight excluding hydrogens is 220 g/mol. The van der Waals surface area contributed by atoms with Crippen LogP contribution in [0.1, 0.15) is 18.3 Å². The van der Waals surface area contributed by atoms with E-state index in [-0.39, 0.29) is 11.6 Å². The lowest BCUT2D eigenvalue weighted by Gasteiger charge is -2.08. The SMILES string of the molecule is C=C(OC)c1nc(/C=C/OCC)c(N)nc1N. The van der Waals surface area contributed by atoms with E-state index in [2.05, 4.69) is 16.5 Å². The van der Waals surface area contributed by atoms with Crippen LogP contribution in [0.3, 0.4) is 0 Å². The molecule has 0 atom stereocenters. The minimum Gasteiger partial charge on any atom is -0.501 e. The van der Waals surface area contributed by atoms with Gasteiger partial charge in [-0.1, -0.05) is 6.58 Å². The predicted molar refractivity (Wildman–Crippen MR) is 67.6 cm³/mol. The van der Waals surface area contributed by atoms with E-state index in [1.807, 2.05) is 6.92 Å². The predicted octanol–water partition coefficient (Wildman–Crippen LogP) is 1.27. The van der Waals surface area contributed by atoms with Crippen molar-refractivity contribution in [1.82, 2.24) is 9.97 Å². The molecule has 1 aromatic heterocycles. The fraction of sp³-hybridized carbons (Fsp3) is 0.273. The number of nitrogens with zero attached hydrogens (tertiary/aromatic N) is 2. The largest absolute Gasteiger partial charge is 0.501 e. The third kappa shape index (κ3) is 3.10. The first kappa shape index (κ1) is 12.8. The van der Waals surface area contributed by atoms with Gasteiger partial charge in [-0.3, -0.25) is 0 Å². The molecule has 0 fully saturated rings. The Labute approximate surface area is 100.0 Å². The van der Waals surface area contributed by atoms with Crippen molar-refractivity contribution in [2.45, 2.75) is 6.92 Å². The van der Waals surface area contributed by atoms with Crippen molar-refractivity contribution >= 4 is 23.5 Å². The molecule has 0 aromatic carbocycles. The second-order valence-corrected chi connectivity index (χ2v) is 3.11. The van der Waals surface area contributed by atoms with Crippen molar-refractivity contribution in [3.05, 3.63) is 24.2 Å². The Morgan fingerprint density at radius 1 is 1.35 bits per heavy atom. The third-order valence-corrected chi connectivity index (χ3v) is 1.98. The molecule has 0 saturated heterocycles. The highest BCUT2D eigenvalue weighted by atomic mass is 16.5. The average molecular weight is 236 g/mol. The number of nitrogen functional groups attached to an aromatic ring is 2. The van der Waals surface area contributed by atoms with Crippen molar-refractivity contribution < 1.29 is 9.47 Å². The van der Waals surface area contributed by atoms with Crippen LogP contribution in [0.5, 0.6) is 0 Å². The lowest BCUT2D eigenvalue weighted by Crippen LogP contribution is -2.07. The highest BCUT2D eigenvalue weighted by Crippen LogP contribution is 2.20. The van der Waals surface area contributed by atoms with Crippen LogP contribution in [0.4, 0.5) is 11.6 Å². The highest BCUT2D eigenvalue weighted by molar-refractivity contribution is 5.68. The van der Waals surface area contributed by atoms with Crippen LogP contribution in [-0.2, 0) is 9.47 Å². The van der Waals surface area contributed by atoms with Crippen molar-refractivity contribution in [3.63, 3.8) is 0 Å². The summed E-state index contributed by atoms with van der Waals surface area (Å²) < 4.78 is 10.0. The van der Waals surface area contributed by atoms with E-state index >= 15 is 0 Å². The van der Waals surface area contributed by atoms with Gasteiger partial charge in [0.2, 0.25) is 0 Å². The molecule has 0 aliphatic carbocycles. The fourth-order valence-electron chi connectivity index (χ4n) is 1.11. The van der Waals surface area contributed by atoms with Crippen LogP contribution in [0, 0.1) is 0 Å². The average Bonchev–Trinajstić information content (AvgIpc) is 2.31. The van der Waals surface area contributed by atoms with Gasteiger partial charge in [-0.2, -0.15) is 0 Å². The zero-order chi connectivity index (χ0) is 12.8. The molecular formula is C11H16N4O2. The maximum absolute atomic E-state index is 5.68. The first-order chi connectivity index (χ1) is 8.10. The molecule has 0 aliphatic heterocycles. The summed E-state index contributed by atoms with van der Waals surface area (Å²) in [6.07, 6.45) is 3.10. The number of ether oxygens (including phenoxy) is 2. The summed E-state index contributed by atoms with van der Waals surface area (Å²) in [5.74, 6) is 0.745. The summed E-state index contributed by atoms with van der Waals surface area (Å²) in [6.45, 7) is 6.11. The molecule has 1 aromatic rings. The number of hydrogen-bond acceptors (Lipinski definition) is 6. The minimum absolute atomic E-state index is 0.183. The Balaban J connectivity index is 3.10. The quantitative estimate of drug-likeness (QED) is 0.747. The molecule has 0 amide bonds. The van der Waals surface area contributed by atoms with Gasteiger partial charge in [0.05, 0.1) is 20.0 Å². The van der Waals surface area contributed by atoms with Gasteiger partial charge in [-0.15, -0.1) is 0 Å². The molecule has 0 radical (unpaired) electrons. The van der Waals surface area contributed by atoms with Gasteiger partial charge >= 0.3 is 0 Å².